The van der Waals surface area contributed by atoms with Gasteiger partial charge in [0.25, 0.3) is 5.69 Å². The number of pyridine rings is 1. The minimum Gasteiger partial charge on any atom is -0.472 e. The van der Waals surface area contributed by atoms with Gasteiger partial charge in [0.1, 0.15) is 12.1 Å². The fourth-order valence-electron chi connectivity index (χ4n) is 5.30. The molecule has 1 aromatic heterocycles. The van der Waals surface area contributed by atoms with Gasteiger partial charge in [-0.25, -0.2) is 22.9 Å². The van der Waals surface area contributed by atoms with Crippen LogP contribution in [-0.4, -0.2) is 80.0 Å². The molecule has 14 nitrogen and oxygen atoms in total. The molecule has 3 atom stereocenters. The molecule has 0 radical (unpaired) electrons. The number of rotatable bonds is 16. The number of ether oxygens (including phenoxy) is 3. The molecule has 0 bridgehead atoms. The molecule has 254 valence electrons. The molecule has 3 aromatic rings. The van der Waals surface area contributed by atoms with Gasteiger partial charge in [-0.15, -0.1) is 6.58 Å². The summed E-state index contributed by atoms with van der Waals surface area (Å²) >= 11 is 0. The van der Waals surface area contributed by atoms with E-state index >= 15 is 0 Å². The number of hydrogen-bond donors (Lipinski definition) is 1. The summed E-state index contributed by atoms with van der Waals surface area (Å²) < 4.78 is 45.0. The van der Waals surface area contributed by atoms with Gasteiger partial charge < -0.3 is 19.1 Å². The smallest absolute Gasteiger partial charge is 0.328 e. The minimum absolute atomic E-state index is 0.0261. The second-order valence-electron chi connectivity index (χ2n) is 10.9. The van der Waals surface area contributed by atoms with Gasteiger partial charge in [0.15, 0.2) is 4.90 Å². The normalized spacial score (nSPS) is 16.6. The number of aromatic nitrogens is 1. The van der Waals surface area contributed by atoms with Crippen molar-refractivity contribution in [3.63, 3.8) is 0 Å². The summed E-state index contributed by atoms with van der Waals surface area (Å²) in [5, 5.41) is 13.0. The molecule has 0 spiro atoms. The van der Waals surface area contributed by atoms with Gasteiger partial charge in [-0.2, -0.15) is 0 Å². The maximum Gasteiger partial charge on any atom is 0.328 e. The first-order valence-electron chi connectivity index (χ1n) is 15.0. The van der Waals surface area contributed by atoms with E-state index in [9.17, 15) is 32.9 Å². The molecule has 15 heteroatoms. The van der Waals surface area contributed by atoms with Crippen molar-refractivity contribution in [3.05, 3.63) is 89.6 Å². The van der Waals surface area contributed by atoms with Crippen molar-refractivity contribution < 1.29 is 41.9 Å². The van der Waals surface area contributed by atoms with Crippen LogP contribution in [0.2, 0.25) is 0 Å². The lowest BCUT2D eigenvalue weighted by molar-refractivity contribution is -0.387. The SMILES string of the molecule is C=CCCCOC(=O)C[C@@H](CNS(=O)(=O)c1ccccc1[N+](=O)[O-])C(=O)N1C[C@H](Oc2nccc3ccc(C=C)cc23)C[C@H]1C(=O)OC. The number of benzene rings is 2. The number of amides is 1. The topological polar surface area (TPSA) is 184 Å². The van der Waals surface area contributed by atoms with Crippen LogP contribution in [0.3, 0.4) is 0 Å². The molecule has 1 N–H and O–H groups in total. The number of allylic oxidation sites excluding steroid dienone is 1. The fourth-order valence-corrected chi connectivity index (χ4v) is 6.55. The number of methoxy groups -OCH3 is 1. The number of nitrogens with zero attached hydrogens (tertiary/aromatic N) is 3. The second kappa shape index (κ2) is 16.1. The van der Waals surface area contributed by atoms with Crippen molar-refractivity contribution in [2.75, 3.05) is 26.8 Å². The summed E-state index contributed by atoms with van der Waals surface area (Å²) in [5.74, 6) is -3.34. The Balaban J connectivity index is 1.60. The first-order valence-corrected chi connectivity index (χ1v) is 16.5. The number of fused-ring (bicyclic) bond motifs is 1. The van der Waals surface area contributed by atoms with Crippen LogP contribution >= 0.6 is 0 Å². The van der Waals surface area contributed by atoms with Crippen LogP contribution in [-0.2, 0) is 33.9 Å². The lowest BCUT2D eigenvalue weighted by Gasteiger charge is -2.27. The monoisotopic (exact) mass is 680 g/mol. The molecule has 1 aliphatic heterocycles. The summed E-state index contributed by atoms with van der Waals surface area (Å²) in [6.07, 6.45) is 4.73. The first-order chi connectivity index (χ1) is 23.0. The van der Waals surface area contributed by atoms with Crippen molar-refractivity contribution in [3.8, 4) is 5.88 Å². The van der Waals surface area contributed by atoms with Gasteiger partial charge in [0.2, 0.25) is 21.8 Å². The molecule has 1 saturated heterocycles. The van der Waals surface area contributed by atoms with E-state index in [1.807, 2.05) is 24.3 Å². The Morgan fingerprint density at radius 2 is 1.96 bits per heavy atom. The Bertz CT molecular complexity index is 1810. The molecular formula is C33H36N4O10S. The van der Waals surface area contributed by atoms with Crippen molar-refractivity contribution in [1.82, 2.24) is 14.6 Å². The zero-order valence-electron chi connectivity index (χ0n) is 26.3. The highest BCUT2D eigenvalue weighted by atomic mass is 32.2. The predicted octanol–water partition coefficient (Wildman–Crippen LogP) is 3.80. The van der Waals surface area contributed by atoms with Crippen LogP contribution in [0.1, 0.15) is 31.2 Å². The number of nitro groups is 1. The van der Waals surface area contributed by atoms with Gasteiger partial charge in [0.05, 0.1) is 37.5 Å². The van der Waals surface area contributed by atoms with E-state index in [-0.39, 0.29) is 25.5 Å². The Morgan fingerprint density at radius 3 is 2.67 bits per heavy atom. The number of sulfonamides is 1. The van der Waals surface area contributed by atoms with Crippen LogP contribution in [0.15, 0.2) is 78.9 Å². The van der Waals surface area contributed by atoms with Crippen molar-refractivity contribution in [1.29, 1.82) is 0 Å². The molecule has 1 aliphatic rings. The number of esters is 2. The molecule has 2 aromatic carbocycles. The number of hydrogen-bond acceptors (Lipinski definition) is 11. The van der Waals surface area contributed by atoms with Crippen LogP contribution in [0.25, 0.3) is 16.8 Å². The van der Waals surface area contributed by atoms with Crippen LogP contribution in [0.4, 0.5) is 5.69 Å². The Kier molecular flexibility index (Phi) is 12.0. The van der Waals surface area contributed by atoms with Gasteiger partial charge in [-0.3, -0.25) is 19.7 Å². The number of nitro benzene ring substituents is 1. The fraction of sp³-hybridized carbons (Fsp3) is 0.333. The van der Waals surface area contributed by atoms with Crippen molar-refractivity contribution >= 4 is 50.4 Å². The summed E-state index contributed by atoms with van der Waals surface area (Å²) in [7, 11) is -3.35. The number of unbranched alkanes of at least 4 members (excludes halogenated alkanes) is 1. The molecule has 2 heterocycles. The van der Waals surface area contributed by atoms with E-state index in [2.05, 4.69) is 22.9 Å². The molecular weight excluding hydrogens is 644 g/mol. The molecule has 48 heavy (non-hydrogen) atoms. The van der Waals surface area contributed by atoms with Crippen LogP contribution in [0, 0.1) is 16.0 Å². The average Bonchev–Trinajstić information content (AvgIpc) is 3.51. The summed E-state index contributed by atoms with van der Waals surface area (Å²) in [6, 6.07) is 11.0. The minimum atomic E-state index is -4.52. The highest BCUT2D eigenvalue weighted by Crippen LogP contribution is 2.30. The molecule has 1 amide bonds. The third-order valence-electron chi connectivity index (χ3n) is 7.74. The van der Waals surface area contributed by atoms with E-state index in [0.29, 0.717) is 18.2 Å². The van der Waals surface area contributed by atoms with Crippen molar-refractivity contribution in [2.24, 2.45) is 5.92 Å². The molecule has 0 saturated carbocycles. The molecule has 0 unspecified atom stereocenters. The number of nitrogens with one attached hydrogen (secondary N) is 1. The largest absolute Gasteiger partial charge is 0.472 e. The number of likely N-dealkylation sites (tertiary alicyclic amines) is 1. The van der Waals surface area contributed by atoms with E-state index in [1.165, 1.54) is 24.1 Å². The van der Waals surface area contributed by atoms with E-state index in [0.717, 1.165) is 23.1 Å². The highest BCUT2D eigenvalue weighted by Gasteiger charge is 2.44. The first kappa shape index (κ1) is 35.7. The quantitative estimate of drug-likeness (QED) is 0.0763. The van der Waals surface area contributed by atoms with Crippen LogP contribution in [0.5, 0.6) is 5.88 Å². The third-order valence-corrected chi connectivity index (χ3v) is 9.21. The third kappa shape index (κ3) is 8.60. The average molecular weight is 681 g/mol. The standard InChI is InChI=1S/C33H36N4O10S/c1-4-6-9-16-46-30(38)18-24(20-35-48(43,44)29-11-8-7-10-27(29)37(41)42)32(39)36-21-25(19-28(36)33(40)45-3)47-31-26-17-22(5-2)12-13-23(26)14-15-34-31/h4-5,7-8,10-15,17,24-25,28,35H,1-2,6,9,16,18-21H2,3H3/t24-,25+,28-/m0/s1. The lowest BCUT2D eigenvalue weighted by atomic mass is 10.0. The van der Waals surface area contributed by atoms with Crippen molar-refractivity contribution in [2.45, 2.75) is 42.7 Å². The Hall–Kier alpha value is -5.15. The van der Waals surface area contributed by atoms with E-state index in [4.69, 9.17) is 14.2 Å². The summed E-state index contributed by atoms with van der Waals surface area (Å²) in [6.45, 7) is 6.71. The van der Waals surface area contributed by atoms with E-state index in [1.54, 1.807) is 18.3 Å². The molecule has 0 aliphatic carbocycles. The van der Waals surface area contributed by atoms with Gasteiger partial charge in [-0.05, 0) is 42.0 Å². The highest BCUT2D eigenvalue weighted by molar-refractivity contribution is 7.89. The predicted molar refractivity (Wildman–Crippen MR) is 175 cm³/mol. The maximum atomic E-state index is 14.1. The lowest BCUT2D eigenvalue weighted by Crippen LogP contribution is -2.47. The number of carbonyl (C=O) groups excluding carboxylic acids is 3. The Morgan fingerprint density at radius 1 is 1.19 bits per heavy atom. The Labute approximate surface area is 277 Å². The summed E-state index contributed by atoms with van der Waals surface area (Å²) in [4.78, 5) is 55.4. The van der Waals surface area contributed by atoms with Gasteiger partial charge >= 0.3 is 11.9 Å². The maximum absolute atomic E-state index is 14.1. The van der Waals surface area contributed by atoms with Gasteiger partial charge in [-0.1, -0.05) is 43.0 Å². The summed E-state index contributed by atoms with van der Waals surface area (Å²) in [5.41, 5.74) is 0.167. The number of carbonyl (C=O) groups is 3. The number of para-hydroxylation sites is 1. The zero-order valence-corrected chi connectivity index (χ0v) is 27.1. The second-order valence-corrected chi connectivity index (χ2v) is 12.7. The van der Waals surface area contributed by atoms with Gasteiger partial charge in [0, 0.05) is 30.6 Å². The van der Waals surface area contributed by atoms with E-state index < -0.39 is 74.4 Å². The molecule has 4 rings (SSSR count). The zero-order chi connectivity index (χ0) is 34.8. The van der Waals surface area contributed by atoms with Crippen LogP contribution < -0.4 is 9.46 Å². The molecule has 1 fully saturated rings.